The highest BCUT2D eigenvalue weighted by atomic mass is 19.1. The van der Waals surface area contributed by atoms with Crippen LogP contribution in [0.5, 0.6) is 5.75 Å². The number of hydrogen-bond donors (Lipinski definition) is 5. The summed E-state index contributed by atoms with van der Waals surface area (Å²) in [5.74, 6) is -7.93. The van der Waals surface area contributed by atoms with E-state index in [-0.39, 0.29) is 53.6 Å². The van der Waals surface area contributed by atoms with E-state index in [2.05, 4.69) is 4.90 Å². The van der Waals surface area contributed by atoms with Gasteiger partial charge in [-0.1, -0.05) is 13.8 Å². The summed E-state index contributed by atoms with van der Waals surface area (Å²) in [5.41, 5.74) is 1.10. The minimum Gasteiger partial charge on any atom is -0.511 e. The first-order valence-electron chi connectivity index (χ1n) is 12.5. The molecule has 0 saturated heterocycles. The van der Waals surface area contributed by atoms with E-state index in [0.717, 1.165) is 6.42 Å². The first-order valence-corrected chi connectivity index (χ1v) is 12.5. The number of hydrogen-bond acceptors (Lipinski definition) is 8. The summed E-state index contributed by atoms with van der Waals surface area (Å²) in [6.45, 7) is 8.92. The van der Waals surface area contributed by atoms with Crippen molar-refractivity contribution < 1.29 is 39.2 Å². The van der Waals surface area contributed by atoms with Crippen molar-refractivity contribution in [3.05, 3.63) is 51.2 Å². The molecule has 9 nitrogen and oxygen atoms in total. The van der Waals surface area contributed by atoms with Gasteiger partial charge < -0.3 is 26.2 Å². The predicted octanol–water partition coefficient (Wildman–Crippen LogP) is 2.73. The molecule has 3 aliphatic rings. The molecule has 1 unspecified atom stereocenters. The first-order chi connectivity index (χ1) is 17.2. The van der Waals surface area contributed by atoms with Gasteiger partial charge in [0.05, 0.1) is 5.56 Å². The zero-order valence-corrected chi connectivity index (χ0v) is 21.4. The summed E-state index contributed by atoms with van der Waals surface area (Å²) >= 11 is 0. The second-order valence-electron chi connectivity index (χ2n) is 10.8. The van der Waals surface area contributed by atoms with Gasteiger partial charge in [0, 0.05) is 41.1 Å². The van der Waals surface area contributed by atoms with Crippen LogP contribution in [0.1, 0.15) is 68.4 Å². The Hall–Kier alpha value is -3.24. The number of carbonyl (C=O) groups excluding carboxylic acids is 3. The fourth-order valence-electron chi connectivity index (χ4n) is 6.02. The van der Waals surface area contributed by atoms with Crippen LogP contribution in [0.4, 0.5) is 4.39 Å². The Labute approximate surface area is 214 Å². The summed E-state index contributed by atoms with van der Waals surface area (Å²) in [6, 6.07) is 1.20. The number of amides is 1. The molecule has 0 fully saturated rings. The molecule has 0 spiro atoms. The van der Waals surface area contributed by atoms with Gasteiger partial charge in [0.15, 0.2) is 11.4 Å². The lowest BCUT2D eigenvalue weighted by Gasteiger charge is -2.45. The summed E-state index contributed by atoms with van der Waals surface area (Å²) in [5, 5.41) is 43.4. The summed E-state index contributed by atoms with van der Waals surface area (Å²) < 4.78 is 15.9. The molecule has 1 aromatic rings. The molecule has 4 rings (SSSR count). The number of Topliss-reactive ketones (excluding diaryl/α,β-unsaturated/α-hetero) is 2. The van der Waals surface area contributed by atoms with E-state index in [1.54, 1.807) is 0 Å². The number of allylic oxidation sites excluding steroid dienone is 2. The second kappa shape index (κ2) is 8.95. The van der Waals surface area contributed by atoms with E-state index < -0.39 is 63.6 Å². The lowest BCUT2D eigenvalue weighted by molar-refractivity contribution is -0.144. The van der Waals surface area contributed by atoms with Crippen molar-refractivity contribution in [2.45, 2.75) is 71.1 Å². The molecule has 0 saturated carbocycles. The Morgan fingerprint density at radius 3 is 2.43 bits per heavy atom. The number of phenols is 1. The second-order valence-corrected chi connectivity index (χ2v) is 10.8. The molecule has 1 amide bonds. The zero-order chi connectivity index (χ0) is 27.6. The average Bonchev–Trinajstić information content (AvgIpc) is 2.82. The van der Waals surface area contributed by atoms with Crippen molar-refractivity contribution in [3.8, 4) is 5.75 Å². The fraction of sp³-hybridized carbons (Fsp3) is 0.519. The lowest BCUT2D eigenvalue weighted by atomic mass is 9.60. The number of primary amides is 1. The maximum atomic E-state index is 15.9. The highest BCUT2D eigenvalue weighted by Gasteiger charge is 2.59. The van der Waals surface area contributed by atoms with Crippen LogP contribution < -0.4 is 5.73 Å². The summed E-state index contributed by atoms with van der Waals surface area (Å²) in [4.78, 5) is 40.3. The van der Waals surface area contributed by atoms with Crippen LogP contribution in [0.25, 0.3) is 0 Å². The van der Waals surface area contributed by atoms with E-state index >= 15 is 4.39 Å². The van der Waals surface area contributed by atoms with E-state index in [4.69, 9.17) is 5.73 Å². The number of aliphatic hydroxyl groups excluding tert-OH is 2. The van der Waals surface area contributed by atoms with Crippen LogP contribution >= 0.6 is 0 Å². The highest BCUT2D eigenvalue weighted by Crippen LogP contribution is 2.51. The van der Waals surface area contributed by atoms with Crippen LogP contribution in [0.2, 0.25) is 0 Å². The molecule has 0 bridgehead atoms. The molecule has 10 heteroatoms. The van der Waals surface area contributed by atoms with Gasteiger partial charge in [0.2, 0.25) is 5.78 Å². The number of benzene rings is 1. The van der Waals surface area contributed by atoms with Gasteiger partial charge in [-0.05, 0) is 51.6 Å². The fourth-order valence-corrected chi connectivity index (χ4v) is 6.02. The van der Waals surface area contributed by atoms with Crippen LogP contribution in [-0.4, -0.2) is 60.5 Å². The van der Waals surface area contributed by atoms with Crippen LogP contribution in [0.3, 0.4) is 0 Å². The SMILES string of the molecule is CCN(Cc1cc(O)c2c(c1F)CC1C[C@H]3CC(O)=C(C(N)=O)C(=O)[C@@]3(O)C(O)=C1C2=O)C(C)(C)CC. The van der Waals surface area contributed by atoms with E-state index in [1.807, 2.05) is 27.7 Å². The number of carbonyl (C=O) groups is 3. The minimum absolute atomic E-state index is 0.0112. The van der Waals surface area contributed by atoms with Crippen molar-refractivity contribution >= 4 is 17.5 Å². The number of ketones is 2. The van der Waals surface area contributed by atoms with E-state index in [9.17, 15) is 34.8 Å². The number of phenolic OH excluding ortho intramolecular Hbond substituents is 1. The molecule has 0 radical (unpaired) electrons. The van der Waals surface area contributed by atoms with Gasteiger partial charge in [0.1, 0.15) is 28.7 Å². The molecular weight excluding hydrogens is 483 g/mol. The number of halogens is 1. The average molecular weight is 517 g/mol. The van der Waals surface area contributed by atoms with Crippen molar-refractivity contribution in [2.24, 2.45) is 17.6 Å². The largest absolute Gasteiger partial charge is 0.511 e. The number of fused-ring (bicyclic) bond motifs is 3. The maximum Gasteiger partial charge on any atom is 0.255 e. The monoisotopic (exact) mass is 516 g/mol. The molecule has 6 N–H and O–H groups in total. The van der Waals surface area contributed by atoms with Crippen molar-refractivity contribution in [1.82, 2.24) is 4.90 Å². The molecule has 0 aliphatic heterocycles. The van der Waals surface area contributed by atoms with Gasteiger partial charge in [-0.25, -0.2) is 4.39 Å². The van der Waals surface area contributed by atoms with E-state index in [1.165, 1.54) is 6.07 Å². The van der Waals surface area contributed by atoms with Crippen molar-refractivity contribution in [3.63, 3.8) is 0 Å². The Balaban J connectivity index is 1.81. The topological polar surface area (TPSA) is 161 Å². The van der Waals surface area contributed by atoms with Crippen LogP contribution in [-0.2, 0) is 22.6 Å². The number of nitrogens with two attached hydrogens (primary N) is 1. The van der Waals surface area contributed by atoms with E-state index in [0.29, 0.717) is 6.54 Å². The number of aliphatic hydroxyl groups is 3. The third-order valence-electron chi connectivity index (χ3n) is 8.53. The number of aromatic hydroxyl groups is 1. The summed E-state index contributed by atoms with van der Waals surface area (Å²) in [7, 11) is 0. The van der Waals surface area contributed by atoms with Gasteiger partial charge in [0.25, 0.3) is 5.91 Å². The highest BCUT2D eigenvalue weighted by molar-refractivity contribution is 6.24. The quantitative estimate of drug-likeness (QED) is 0.361. The normalized spacial score (nSPS) is 25.8. The lowest BCUT2D eigenvalue weighted by Crippen LogP contribution is -2.57. The third kappa shape index (κ3) is 3.85. The maximum absolute atomic E-state index is 15.9. The summed E-state index contributed by atoms with van der Waals surface area (Å²) in [6.07, 6.45) is 0.373. The third-order valence-corrected chi connectivity index (χ3v) is 8.53. The molecule has 3 aliphatic carbocycles. The van der Waals surface area contributed by atoms with Crippen LogP contribution in [0, 0.1) is 17.7 Å². The number of rotatable bonds is 6. The molecule has 1 aromatic carbocycles. The Morgan fingerprint density at radius 2 is 1.86 bits per heavy atom. The van der Waals surface area contributed by atoms with Gasteiger partial charge in [-0.2, -0.15) is 0 Å². The first kappa shape index (κ1) is 26.8. The van der Waals surface area contributed by atoms with Crippen LogP contribution in [0.15, 0.2) is 28.7 Å². The molecule has 0 aromatic heterocycles. The zero-order valence-electron chi connectivity index (χ0n) is 21.4. The van der Waals surface area contributed by atoms with Gasteiger partial charge in [-0.15, -0.1) is 0 Å². The molecule has 200 valence electrons. The molecule has 3 atom stereocenters. The van der Waals surface area contributed by atoms with Crippen molar-refractivity contribution in [1.29, 1.82) is 0 Å². The molecule has 37 heavy (non-hydrogen) atoms. The molecular formula is C27H33FN2O7. The Bertz CT molecular complexity index is 1280. The Morgan fingerprint density at radius 1 is 1.22 bits per heavy atom. The Kier molecular flexibility index (Phi) is 6.49. The molecule has 0 heterocycles. The van der Waals surface area contributed by atoms with Crippen molar-refractivity contribution in [2.75, 3.05) is 6.54 Å². The standard InChI is InChI=1S/C27H33FN2O7/c1-5-26(3,4)30(6-2)11-13-9-16(31)19-15(21(13)28)8-12-7-14-10-17(32)20(25(29)36)24(35)27(14,37)23(34)18(12)22(19)33/h9,12,14,31-32,34,37H,5-8,10-11H2,1-4H3,(H2,29,36)/t12?,14-,27-/m0/s1. The van der Waals surface area contributed by atoms with Gasteiger partial charge >= 0.3 is 0 Å². The number of nitrogens with zero attached hydrogens (tertiary/aromatic N) is 1. The smallest absolute Gasteiger partial charge is 0.255 e. The predicted molar refractivity (Wildman–Crippen MR) is 131 cm³/mol. The minimum atomic E-state index is -2.64. The van der Waals surface area contributed by atoms with Gasteiger partial charge in [-0.3, -0.25) is 19.3 Å².